The smallest absolute Gasteiger partial charge is 0.267 e. The zero-order valence-corrected chi connectivity index (χ0v) is 11.5. The normalized spacial score (nSPS) is 10.3. The average Bonchev–Trinajstić information content (AvgIpc) is 2.36. The standard InChI is InChI=1S/C12H13BrN4O/c1-2-15-11-5-3-4-9(16-11)7-17-8-14-6-10(13)12(17)18/h3-6,8H,2,7H2,1H3,(H,15,16). The van der Waals surface area contributed by atoms with Gasteiger partial charge in [-0.05, 0) is 35.0 Å². The van der Waals surface area contributed by atoms with Crippen LogP contribution in [-0.2, 0) is 6.54 Å². The third kappa shape index (κ3) is 2.95. The number of hydrogen-bond acceptors (Lipinski definition) is 4. The number of rotatable bonds is 4. The second-order valence-corrected chi connectivity index (χ2v) is 4.57. The van der Waals surface area contributed by atoms with Crippen molar-refractivity contribution in [3.05, 3.63) is 51.2 Å². The van der Waals surface area contributed by atoms with Crippen molar-refractivity contribution in [2.75, 3.05) is 11.9 Å². The number of nitrogens with one attached hydrogen (secondary N) is 1. The molecule has 0 radical (unpaired) electrons. The summed E-state index contributed by atoms with van der Waals surface area (Å²) in [4.78, 5) is 20.2. The summed E-state index contributed by atoms with van der Waals surface area (Å²) in [6.45, 7) is 3.23. The molecule has 0 spiro atoms. The molecule has 0 aliphatic carbocycles. The minimum Gasteiger partial charge on any atom is -0.370 e. The molecule has 0 aliphatic heterocycles. The van der Waals surface area contributed by atoms with E-state index in [1.54, 1.807) is 0 Å². The quantitative estimate of drug-likeness (QED) is 0.937. The molecule has 0 saturated carbocycles. The van der Waals surface area contributed by atoms with E-state index in [0.29, 0.717) is 11.0 Å². The molecule has 0 aromatic carbocycles. The van der Waals surface area contributed by atoms with Gasteiger partial charge in [-0.15, -0.1) is 0 Å². The molecular weight excluding hydrogens is 296 g/mol. The van der Waals surface area contributed by atoms with Crippen LogP contribution in [0.25, 0.3) is 0 Å². The largest absolute Gasteiger partial charge is 0.370 e. The van der Waals surface area contributed by atoms with E-state index in [4.69, 9.17) is 0 Å². The van der Waals surface area contributed by atoms with E-state index in [-0.39, 0.29) is 5.56 Å². The number of hydrogen-bond donors (Lipinski definition) is 1. The Labute approximate surface area is 113 Å². The molecule has 5 nitrogen and oxygen atoms in total. The van der Waals surface area contributed by atoms with Crippen LogP contribution in [0.4, 0.5) is 5.82 Å². The molecule has 94 valence electrons. The van der Waals surface area contributed by atoms with Gasteiger partial charge < -0.3 is 5.32 Å². The van der Waals surface area contributed by atoms with E-state index < -0.39 is 0 Å². The molecule has 18 heavy (non-hydrogen) atoms. The highest BCUT2D eigenvalue weighted by molar-refractivity contribution is 9.10. The first-order chi connectivity index (χ1) is 8.70. The molecule has 0 atom stereocenters. The Hall–Kier alpha value is -1.69. The second kappa shape index (κ2) is 5.77. The van der Waals surface area contributed by atoms with E-state index in [2.05, 4.69) is 31.2 Å². The van der Waals surface area contributed by atoms with Gasteiger partial charge in [-0.2, -0.15) is 0 Å². The third-order valence-electron chi connectivity index (χ3n) is 2.36. The average molecular weight is 309 g/mol. The number of nitrogens with zero attached hydrogens (tertiary/aromatic N) is 3. The molecule has 2 heterocycles. The fraction of sp³-hybridized carbons (Fsp3) is 0.250. The summed E-state index contributed by atoms with van der Waals surface area (Å²) in [5, 5.41) is 3.14. The van der Waals surface area contributed by atoms with Crippen LogP contribution in [0.2, 0.25) is 0 Å². The molecule has 6 heteroatoms. The maximum Gasteiger partial charge on any atom is 0.267 e. The van der Waals surface area contributed by atoms with Gasteiger partial charge >= 0.3 is 0 Å². The van der Waals surface area contributed by atoms with Crippen molar-refractivity contribution in [1.82, 2.24) is 14.5 Å². The molecular formula is C12H13BrN4O. The van der Waals surface area contributed by atoms with Gasteiger partial charge in [0, 0.05) is 12.7 Å². The van der Waals surface area contributed by atoms with E-state index in [9.17, 15) is 4.79 Å². The van der Waals surface area contributed by atoms with Crippen LogP contribution in [0, 0.1) is 0 Å². The van der Waals surface area contributed by atoms with Crippen molar-refractivity contribution in [1.29, 1.82) is 0 Å². The van der Waals surface area contributed by atoms with Crippen LogP contribution in [0.15, 0.2) is 40.0 Å². The van der Waals surface area contributed by atoms with Gasteiger partial charge in [0.05, 0.1) is 18.6 Å². The molecule has 2 rings (SSSR count). The lowest BCUT2D eigenvalue weighted by Crippen LogP contribution is -2.21. The van der Waals surface area contributed by atoms with Crippen LogP contribution in [0.5, 0.6) is 0 Å². The van der Waals surface area contributed by atoms with Gasteiger partial charge in [-0.3, -0.25) is 9.36 Å². The molecule has 2 aromatic heterocycles. The van der Waals surface area contributed by atoms with Gasteiger partial charge in [-0.25, -0.2) is 9.97 Å². The van der Waals surface area contributed by atoms with Crippen LogP contribution >= 0.6 is 15.9 Å². The second-order valence-electron chi connectivity index (χ2n) is 3.72. The first-order valence-corrected chi connectivity index (χ1v) is 6.39. The van der Waals surface area contributed by atoms with Gasteiger partial charge in [0.2, 0.25) is 0 Å². The Morgan fingerprint density at radius 1 is 1.44 bits per heavy atom. The molecule has 0 unspecified atom stereocenters. The van der Waals surface area contributed by atoms with Gasteiger partial charge in [0.15, 0.2) is 0 Å². The minimum absolute atomic E-state index is 0.111. The highest BCUT2D eigenvalue weighted by atomic mass is 79.9. The summed E-state index contributed by atoms with van der Waals surface area (Å²) in [7, 11) is 0. The van der Waals surface area contributed by atoms with Gasteiger partial charge in [-0.1, -0.05) is 6.07 Å². The Bertz CT molecular complexity index is 597. The van der Waals surface area contributed by atoms with Crippen molar-refractivity contribution in [3.63, 3.8) is 0 Å². The molecule has 1 N–H and O–H groups in total. The number of anilines is 1. The van der Waals surface area contributed by atoms with Crippen molar-refractivity contribution in [2.45, 2.75) is 13.5 Å². The summed E-state index contributed by atoms with van der Waals surface area (Å²) in [5.74, 6) is 0.811. The summed E-state index contributed by atoms with van der Waals surface area (Å²) in [6, 6.07) is 5.69. The first kappa shape index (κ1) is 12.8. The van der Waals surface area contributed by atoms with Crippen molar-refractivity contribution in [3.8, 4) is 0 Å². The lowest BCUT2D eigenvalue weighted by molar-refractivity contribution is 0.714. The lowest BCUT2D eigenvalue weighted by atomic mass is 10.3. The van der Waals surface area contributed by atoms with Gasteiger partial charge in [0.25, 0.3) is 5.56 Å². The molecule has 0 saturated heterocycles. The minimum atomic E-state index is -0.111. The number of aromatic nitrogens is 3. The predicted molar refractivity (Wildman–Crippen MR) is 73.7 cm³/mol. The first-order valence-electron chi connectivity index (χ1n) is 5.60. The van der Waals surface area contributed by atoms with Crippen LogP contribution in [-0.4, -0.2) is 21.1 Å². The fourth-order valence-corrected chi connectivity index (χ4v) is 1.90. The van der Waals surface area contributed by atoms with Crippen LogP contribution in [0.1, 0.15) is 12.6 Å². The van der Waals surface area contributed by atoms with Crippen molar-refractivity contribution in [2.24, 2.45) is 0 Å². The van der Waals surface area contributed by atoms with Crippen molar-refractivity contribution >= 4 is 21.7 Å². The zero-order valence-electron chi connectivity index (χ0n) is 9.93. The Kier molecular flexibility index (Phi) is 4.09. The maximum atomic E-state index is 11.8. The summed E-state index contributed by atoms with van der Waals surface area (Å²) < 4.78 is 1.97. The van der Waals surface area contributed by atoms with E-state index in [1.807, 2.05) is 25.1 Å². The molecule has 0 amide bonds. The summed E-state index contributed by atoms with van der Waals surface area (Å²) >= 11 is 3.17. The zero-order chi connectivity index (χ0) is 13.0. The molecule has 0 fully saturated rings. The topological polar surface area (TPSA) is 59.8 Å². The number of pyridine rings is 1. The summed E-state index contributed by atoms with van der Waals surface area (Å²) in [5.41, 5.74) is 0.705. The predicted octanol–water partition coefficient (Wildman–Crippen LogP) is 1.88. The number of halogens is 1. The fourth-order valence-electron chi connectivity index (χ4n) is 1.56. The molecule has 0 bridgehead atoms. The Morgan fingerprint density at radius 3 is 3.06 bits per heavy atom. The highest BCUT2D eigenvalue weighted by Crippen LogP contribution is 2.06. The van der Waals surface area contributed by atoms with Crippen LogP contribution in [0.3, 0.4) is 0 Å². The third-order valence-corrected chi connectivity index (χ3v) is 2.90. The Balaban J connectivity index is 2.26. The molecule has 0 aliphatic rings. The monoisotopic (exact) mass is 308 g/mol. The highest BCUT2D eigenvalue weighted by Gasteiger charge is 2.03. The van der Waals surface area contributed by atoms with E-state index in [1.165, 1.54) is 17.1 Å². The summed E-state index contributed by atoms with van der Waals surface area (Å²) in [6.07, 6.45) is 3.00. The molecule has 2 aromatic rings. The van der Waals surface area contributed by atoms with E-state index in [0.717, 1.165) is 18.1 Å². The lowest BCUT2D eigenvalue weighted by Gasteiger charge is -2.07. The van der Waals surface area contributed by atoms with Gasteiger partial charge in [0.1, 0.15) is 10.3 Å². The SMILES string of the molecule is CCNc1cccc(Cn2cncc(Br)c2=O)n1. The van der Waals surface area contributed by atoms with Crippen LogP contribution < -0.4 is 10.9 Å². The van der Waals surface area contributed by atoms with Crippen molar-refractivity contribution < 1.29 is 0 Å². The van der Waals surface area contributed by atoms with E-state index >= 15 is 0 Å². The Morgan fingerprint density at radius 2 is 2.28 bits per heavy atom. The maximum absolute atomic E-state index is 11.8.